The fourth-order valence-corrected chi connectivity index (χ4v) is 3.87. The number of benzene rings is 1. The van der Waals surface area contributed by atoms with Crippen LogP contribution in [0.15, 0.2) is 18.2 Å². The second-order valence-electron chi connectivity index (χ2n) is 6.69. The van der Waals surface area contributed by atoms with Gasteiger partial charge in [-0.05, 0) is 61.6 Å². The number of fused-ring (bicyclic) bond motifs is 1. The molecule has 1 saturated carbocycles. The van der Waals surface area contributed by atoms with Crippen LogP contribution in [0.25, 0.3) is 0 Å². The number of hydrogen-bond donors (Lipinski definition) is 1. The summed E-state index contributed by atoms with van der Waals surface area (Å²) in [6.45, 7) is 2.17. The average Bonchev–Trinajstić information content (AvgIpc) is 3.06. The molecular weight excluding hydrogens is 258 g/mol. The first-order valence-corrected chi connectivity index (χ1v) is 8.70. The summed E-state index contributed by atoms with van der Waals surface area (Å²) in [5.74, 6) is 0.536. The van der Waals surface area contributed by atoms with Crippen molar-refractivity contribution in [3.8, 4) is 0 Å². The van der Waals surface area contributed by atoms with E-state index in [4.69, 9.17) is 0 Å². The van der Waals surface area contributed by atoms with E-state index in [2.05, 4.69) is 30.4 Å². The van der Waals surface area contributed by atoms with Crippen molar-refractivity contribution in [2.75, 3.05) is 0 Å². The van der Waals surface area contributed by atoms with Gasteiger partial charge in [-0.15, -0.1) is 0 Å². The lowest BCUT2D eigenvalue weighted by atomic mass is 9.88. The van der Waals surface area contributed by atoms with Gasteiger partial charge >= 0.3 is 0 Å². The number of carbonyl (C=O) groups is 1. The van der Waals surface area contributed by atoms with Crippen LogP contribution in [0.2, 0.25) is 0 Å². The van der Waals surface area contributed by atoms with E-state index in [1.54, 1.807) is 0 Å². The molecule has 1 N–H and O–H groups in total. The fraction of sp³-hybridized carbons (Fsp3) is 0.632. The molecule has 0 aliphatic heterocycles. The molecule has 0 bridgehead atoms. The number of rotatable bonds is 4. The Kier molecular flexibility index (Phi) is 4.62. The molecule has 114 valence electrons. The third-order valence-electron chi connectivity index (χ3n) is 5.23. The highest BCUT2D eigenvalue weighted by atomic mass is 16.1. The molecule has 1 aromatic rings. The van der Waals surface area contributed by atoms with Crippen LogP contribution in [-0.2, 0) is 17.6 Å². The smallest absolute Gasteiger partial charge is 0.223 e. The number of aryl methyl sites for hydroxylation is 2. The Morgan fingerprint density at radius 2 is 1.86 bits per heavy atom. The van der Waals surface area contributed by atoms with Gasteiger partial charge in [-0.25, -0.2) is 0 Å². The Bertz CT molecular complexity index is 502. The predicted octanol–water partition coefficient (Wildman–Crippen LogP) is 4.32. The van der Waals surface area contributed by atoms with Crippen molar-refractivity contribution in [1.82, 2.24) is 5.32 Å². The van der Waals surface area contributed by atoms with Crippen molar-refractivity contribution >= 4 is 5.91 Å². The molecule has 2 nitrogen and oxygen atoms in total. The molecule has 2 heteroatoms. The Morgan fingerprint density at radius 1 is 1.14 bits per heavy atom. The molecule has 0 radical (unpaired) electrons. The van der Waals surface area contributed by atoms with Gasteiger partial charge in [-0.2, -0.15) is 0 Å². The van der Waals surface area contributed by atoms with Crippen molar-refractivity contribution in [3.63, 3.8) is 0 Å². The summed E-state index contributed by atoms with van der Waals surface area (Å²) < 4.78 is 0. The molecule has 0 heterocycles. The minimum atomic E-state index is 0.185. The molecule has 0 spiro atoms. The van der Waals surface area contributed by atoms with Crippen molar-refractivity contribution < 1.29 is 4.79 Å². The van der Waals surface area contributed by atoms with E-state index < -0.39 is 0 Å². The van der Waals surface area contributed by atoms with Gasteiger partial charge in [0.05, 0.1) is 6.04 Å². The molecule has 21 heavy (non-hydrogen) atoms. The van der Waals surface area contributed by atoms with E-state index in [0.717, 1.165) is 19.3 Å². The maximum Gasteiger partial charge on any atom is 0.223 e. The summed E-state index contributed by atoms with van der Waals surface area (Å²) in [5.41, 5.74) is 4.32. The van der Waals surface area contributed by atoms with E-state index in [0.29, 0.717) is 0 Å². The van der Waals surface area contributed by atoms with Crippen LogP contribution >= 0.6 is 0 Å². The van der Waals surface area contributed by atoms with Crippen molar-refractivity contribution in [2.24, 2.45) is 5.92 Å². The maximum atomic E-state index is 12.4. The molecule has 1 atom stereocenters. The zero-order valence-corrected chi connectivity index (χ0v) is 13.2. The standard InChI is InChI=1S/C19H27NO/c1-2-18(20-19(21)15-8-4-5-9-15)17-12-11-14-7-3-6-10-16(14)13-17/h11-13,15,18H,2-10H2,1H3,(H,20,21)/t18-/m0/s1. The minimum Gasteiger partial charge on any atom is -0.349 e. The summed E-state index contributed by atoms with van der Waals surface area (Å²) in [6, 6.07) is 7.05. The Balaban J connectivity index is 1.71. The average molecular weight is 285 g/mol. The zero-order valence-electron chi connectivity index (χ0n) is 13.2. The lowest BCUT2D eigenvalue weighted by Gasteiger charge is -2.23. The maximum absolute atomic E-state index is 12.4. The quantitative estimate of drug-likeness (QED) is 0.877. The summed E-state index contributed by atoms with van der Waals surface area (Å²) in [5, 5.41) is 3.29. The first kappa shape index (κ1) is 14.6. The normalized spacial score (nSPS) is 20.0. The Labute approximate surface area is 128 Å². The summed E-state index contributed by atoms with van der Waals surface area (Å²) in [6.07, 6.45) is 10.6. The highest BCUT2D eigenvalue weighted by molar-refractivity contribution is 5.79. The highest BCUT2D eigenvalue weighted by Gasteiger charge is 2.25. The van der Waals surface area contributed by atoms with Gasteiger partial charge in [-0.1, -0.05) is 38.0 Å². The molecule has 1 aromatic carbocycles. The lowest BCUT2D eigenvalue weighted by molar-refractivity contribution is -0.125. The molecule has 3 rings (SSSR count). The van der Waals surface area contributed by atoms with Gasteiger partial charge in [0.1, 0.15) is 0 Å². The first-order valence-electron chi connectivity index (χ1n) is 8.70. The van der Waals surface area contributed by atoms with E-state index in [9.17, 15) is 4.79 Å². The zero-order chi connectivity index (χ0) is 14.7. The molecule has 1 amide bonds. The van der Waals surface area contributed by atoms with Crippen molar-refractivity contribution in [1.29, 1.82) is 0 Å². The molecule has 2 aliphatic rings. The lowest BCUT2D eigenvalue weighted by Crippen LogP contribution is -2.32. The predicted molar refractivity (Wildman–Crippen MR) is 86.2 cm³/mol. The number of hydrogen-bond acceptors (Lipinski definition) is 1. The minimum absolute atomic E-state index is 0.185. The van der Waals surface area contributed by atoms with E-state index >= 15 is 0 Å². The van der Waals surface area contributed by atoms with Crippen LogP contribution in [0.1, 0.15) is 74.6 Å². The molecule has 1 fully saturated rings. The topological polar surface area (TPSA) is 29.1 Å². The largest absolute Gasteiger partial charge is 0.349 e. The van der Waals surface area contributed by atoms with Crippen LogP contribution in [0, 0.1) is 5.92 Å². The van der Waals surface area contributed by atoms with E-state index in [1.165, 1.54) is 55.2 Å². The van der Waals surface area contributed by atoms with Gasteiger partial charge in [0.2, 0.25) is 5.91 Å². The fourth-order valence-electron chi connectivity index (χ4n) is 3.87. The third kappa shape index (κ3) is 3.30. The van der Waals surface area contributed by atoms with Gasteiger partial charge in [0, 0.05) is 5.92 Å². The monoisotopic (exact) mass is 285 g/mol. The number of nitrogens with one attached hydrogen (secondary N) is 1. The second kappa shape index (κ2) is 6.64. The van der Waals surface area contributed by atoms with Crippen molar-refractivity contribution in [2.45, 2.75) is 70.8 Å². The van der Waals surface area contributed by atoms with Crippen LogP contribution in [0.5, 0.6) is 0 Å². The number of amides is 1. The van der Waals surface area contributed by atoms with E-state index in [1.807, 2.05) is 0 Å². The molecule has 0 unspecified atom stereocenters. The summed E-state index contributed by atoms with van der Waals surface area (Å²) >= 11 is 0. The molecule has 0 saturated heterocycles. The van der Waals surface area contributed by atoms with Crippen LogP contribution < -0.4 is 5.32 Å². The number of carbonyl (C=O) groups excluding carboxylic acids is 1. The van der Waals surface area contributed by atoms with Gasteiger partial charge < -0.3 is 5.32 Å². The van der Waals surface area contributed by atoms with Crippen molar-refractivity contribution in [3.05, 3.63) is 34.9 Å². The first-order chi connectivity index (χ1) is 10.3. The molecule has 0 aromatic heterocycles. The van der Waals surface area contributed by atoms with Crippen LogP contribution in [0.4, 0.5) is 0 Å². The van der Waals surface area contributed by atoms with Crippen LogP contribution in [-0.4, -0.2) is 5.91 Å². The highest BCUT2D eigenvalue weighted by Crippen LogP contribution is 2.28. The summed E-state index contributed by atoms with van der Waals surface area (Å²) in [7, 11) is 0. The van der Waals surface area contributed by atoms with Gasteiger partial charge in [0.15, 0.2) is 0 Å². The molecule has 2 aliphatic carbocycles. The molecular formula is C19H27NO. The second-order valence-corrected chi connectivity index (χ2v) is 6.69. The Hall–Kier alpha value is -1.31. The van der Waals surface area contributed by atoms with E-state index in [-0.39, 0.29) is 17.9 Å². The third-order valence-corrected chi connectivity index (χ3v) is 5.23. The van der Waals surface area contributed by atoms with Gasteiger partial charge in [0.25, 0.3) is 0 Å². The Morgan fingerprint density at radius 3 is 2.57 bits per heavy atom. The SMILES string of the molecule is CC[C@H](NC(=O)C1CCCC1)c1ccc2c(c1)CCCC2. The summed E-state index contributed by atoms with van der Waals surface area (Å²) in [4.78, 5) is 12.4. The van der Waals surface area contributed by atoms with Gasteiger partial charge in [-0.3, -0.25) is 4.79 Å². The van der Waals surface area contributed by atoms with Crippen LogP contribution in [0.3, 0.4) is 0 Å².